The first-order valence-corrected chi connectivity index (χ1v) is 9.33. The third-order valence-electron chi connectivity index (χ3n) is 4.36. The number of hydrogen-bond donors (Lipinski definition) is 1. The number of fused-ring (bicyclic) bond motifs is 1. The molecule has 2 rings (SSSR count). The van der Waals surface area contributed by atoms with E-state index >= 15 is 0 Å². The Kier molecular flexibility index (Phi) is 10.1. The second-order valence-corrected chi connectivity index (χ2v) is 6.40. The van der Waals surface area contributed by atoms with Gasteiger partial charge in [0.1, 0.15) is 5.82 Å². The molecule has 1 aromatic rings. The highest BCUT2D eigenvalue weighted by Crippen LogP contribution is 2.09. The number of hydrogen-bond acceptors (Lipinski definition) is 3. The minimum atomic E-state index is 0. The van der Waals surface area contributed by atoms with Crippen LogP contribution in [0.2, 0.25) is 0 Å². The molecule has 0 fully saturated rings. The Bertz CT molecular complexity index is 594. The van der Waals surface area contributed by atoms with E-state index in [1.54, 1.807) is 4.68 Å². The van der Waals surface area contributed by atoms with Gasteiger partial charge in [-0.3, -0.25) is 9.56 Å². The van der Waals surface area contributed by atoms with Crippen LogP contribution >= 0.6 is 24.0 Å². The maximum Gasteiger partial charge on any atom is 0.345 e. The normalized spacial score (nSPS) is 14.0. The predicted molar refractivity (Wildman–Crippen MR) is 113 cm³/mol. The average Bonchev–Trinajstić information content (AvgIpc) is 2.92. The number of nitrogens with one attached hydrogen (secondary N) is 1. The van der Waals surface area contributed by atoms with Crippen molar-refractivity contribution < 1.29 is 0 Å². The van der Waals surface area contributed by atoms with Gasteiger partial charge in [-0.2, -0.15) is 5.10 Å². The fraction of sp³-hybridized carbons (Fsp3) is 0.824. The molecule has 7 nitrogen and oxygen atoms in total. The molecule has 144 valence electrons. The quantitative estimate of drug-likeness (QED) is 0.277. The lowest BCUT2D eigenvalue weighted by Gasteiger charge is -2.21. The van der Waals surface area contributed by atoms with E-state index in [9.17, 15) is 4.79 Å². The minimum Gasteiger partial charge on any atom is -0.357 e. The molecule has 0 aromatic carbocycles. The monoisotopic (exact) mass is 464 g/mol. The van der Waals surface area contributed by atoms with Crippen LogP contribution in [0.4, 0.5) is 0 Å². The smallest absolute Gasteiger partial charge is 0.345 e. The Balaban J connectivity index is 0.00000312. The number of aromatic nitrogens is 3. The van der Waals surface area contributed by atoms with Gasteiger partial charge in [-0.1, -0.05) is 13.3 Å². The van der Waals surface area contributed by atoms with E-state index in [4.69, 9.17) is 0 Å². The molecule has 0 bridgehead atoms. The van der Waals surface area contributed by atoms with Crippen molar-refractivity contribution in [3.63, 3.8) is 0 Å². The summed E-state index contributed by atoms with van der Waals surface area (Å²) in [5.41, 5.74) is 0.0423. The lowest BCUT2D eigenvalue weighted by Crippen LogP contribution is -2.39. The third kappa shape index (κ3) is 6.31. The number of rotatable bonds is 8. The molecular formula is C17H33IN6O. The van der Waals surface area contributed by atoms with Crippen molar-refractivity contribution in [3.05, 3.63) is 16.3 Å². The maximum atomic E-state index is 12.3. The summed E-state index contributed by atoms with van der Waals surface area (Å²) in [6.45, 7) is 8.31. The summed E-state index contributed by atoms with van der Waals surface area (Å²) >= 11 is 0. The SMILES string of the molecule is CCCCN(C)C(=NCCCn1nc2n(c1=O)CCCC2)NCC.I. The number of unbranched alkanes of at least 4 members (excludes halogenated alkanes) is 1. The van der Waals surface area contributed by atoms with Crippen molar-refractivity contribution in [3.8, 4) is 0 Å². The Morgan fingerprint density at radius 1 is 1.32 bits per heavy atom. The van der Waals surface area contributed by atoms with Crippen molar-refractivity contribution in [2.75, 3.05) is 26.7 Å². The van der Waals surface area contributed by atoms with Gasteiger partial charge in [0, 0.05) is 46.2 Å². The third-order valence-corrected chi connectivity index (χ3v) is 4.36. The summed E-state index contributed by atoms with van der Waals surface area (Å²) in [5, 5.41) is 7.80. The zero-order chi connectivity index (χ0) is 17.4. The molecule has 25 heavy (non-hydrogen) atoms. The van der Waals surface area contributed by atoms with Crippen LogP contribution in [0.15, 0.2) is 9.79 Å². The van der Waals surface area contributed by atoms with Gasteiger partial charge in [0.25, 0.3) is 0 Å². The molecule has 0 unspecified atom stereocenters. The standard InChI is InChI=1S/C17H32N6O.HI/c1-4-6-12-21(3)16(18-5-2)19-11-9-14-23-17(24)22-13-8-7-10-15(22)20-23;/h4-14H2,1-3H3,(H,18,19);1H. The van der Waals surface area contributed by atoms with E-state index in [1.165, 1.54) is 6.42 Å². The Morgan fingerprint density at radius 2 is 2.12 bits per heavy atom. The number of nitrogens with zero attached hydrogens (tertiary/aromatic N) is 5. The molecule has 1 N–H and O–H groups in total. The van der Waals surface area contributed by atoms with Crippen molar-refractivity contribution in [1.29, 1.82) is 0 Å². The molecule has 1 aromatic heterocycles. The molecule has 0 amide bonds. The number of guanidine groups is 1. The number of aliphatic imine (C=N–C) groups is 1. The molecule has 0 saturated heterocycles. The summed E-state index contributed by atoms with van der Waals surface area (Å²) in [6, 6.07) is 0. The van der Waals surface area contributed by atoms with Crippen LogP contribution in [0.5, 0.6) is 0 Å². The van der Waals surface area contributed by atoms with Gasteiger partial charge in [-0.25, -0.2) is 9.48 Å². The van der Waals surface area contributed by atoms with Crippen LogP contribution in [0.25, 0.3) is 0 Å². The van der Waals surface area contributed by atoms with Crippen LogP contribution in [0.1, 0.15) is 51.8 Å². The topological polar surface area (TPSA) is 67.5 Å². The first kappa shape index (κ1) is 22.0. The lowest BCUT2D eigenvalue weighted by molar-refractivity contribution is 0.463. The first-order valence-electron chi connectivity index (χ1n) is 9.33. The van der Waals surface area contributed by atoms with Crippen LogP contribution in [0.3, 0.4) is 0 Å². The van der Waals surface area contributed by atoms with Crippen LogP contribution in [-0.2, 0) is 19.5 Å². The second kappa shape index (κ2) is 11.5. The maximum absolute atomic E-state index is 12.3. The summed E-state index contributed by atoms with van der Waals surface area (Å²) < 4.78 is 3.44. The van der Waals surface area contributed by atoms with Crippen molar-refractivity contribution >= 4 is 29.9 Å². The molecule has 0 radical (unpaired) electrons. The van der Waals surface area contributed by atoms with E-state index in [1.807, 2.05) is 4.57 Å². The lowest BCUT2D eigenvalue weighted by atomic mass is 10.2. The van der Waals surface area contributed by atoms with Crippen molar-refractivity contribution in [2.45, 2.75) is 65.5 Å². The molecule has 8 heteroatoms. The molecule has 0 aliphatic carbocycles. The highest BCUT2D eigenvalue weighted by Gasteiger charge is 2.16. The summed E-state index contributed by atoms with van der Waals surface area (Å²) in [6.07, 6.45) is 6.31. The van der Waals surface area contributed by atoms with Crippen LogP contribution in [-0.4, -0.2) is 51.9 Å². The number of aryl methyl sites for hydroxylation is 2. The van der Waals surface area contributed by atoms with Gasteiger partial charge < -0.3 is 10.2 Å². The van der Waals surface area contributed by atoms with Gasteiger partial charge in [0.15, 0.2) is 5.96 Å². The van der Waals surface area contributed by atoms with Gasteiger partial charge in [-0.05, 0) is 32.6 Å². The summed E-state index contributed by atoms with van der Waals surface area (Å²) in [7, 11) is 2.07. The highest BCUT2D eigenvalue weighted by atomic mass is 127. The van der Waals surface area contributed by atoms with Gasteiger partial charge in [-0.15, -0.1) is 24.0 Å². The molecular weight excluding hydrogens is 431 g/mol. The molecule has 0 spiro atoms. The molecule has 2 heterocycles. The van der Waals surface area contributed by atoms with Crippen molar-refractivity contribution in [1.82, 2.24) is 24.6 Å². The average molecular weight is 464 g/mol. The zero-order valence-corrected chi connectivity index (χ0v) is 18.2. The zero-order valence-electron chi connectivity index (χ0n) is 15.8. The van der Waals surface area contributed by atoms with Gasteiger partial charge in [0.05, 0.1) is 0 Å². The molecule has 0 saturated carbocycles. The molecule has 1 aliphatic rings. The largest absolute Gasteiger partial charge is 0.357 e. The second-order valence-electron chi connectivity index (χ2n) is 6.40. The fourth-order valence-electron chi connectivity index (χ4n) is 2.97. The number of halogens is 1. The molecule has 0 atom stereocenters. The van der Waals surface area contributed by atoms with E-state index < -0.39 is 0 Å². The van der Waals surface area contributed by atoms with Crippen LogP contribution in [0, 0.1) is 0 Å². The van der Waals surface area contributed by atoms with Crippen LogP contribution < -0.4 is 11.0 Å². The fourth-order valence-corrected chi connectivity index (χ4v) is 2.97. The first-order chi connectivity index (χ1) is 11.7. The Labute approximate surface area is 167 Å². The van der Waals surface area contributed by atoms with Gasteiger partial charge >= 0.3 is 5.69 Å². The predicted octanol–water partition coefficient (Wildman–Crippen LogP) is 2.09. The Morgan fingerprint density at radius 3 is 2.80 bits per heavy atom. The molecule has 1 aliphatic heterocycles. The van der Waals surface area contributed by atoms with Crippen molar-refractivity contribution in [2.24, 2.45) is 4.99 Å². The van der Waals surface area contributed by atoms with E-state index in [2.05, 4.69) is 41.2 Å². The van der Waals surface area contributed by atoms with E-state index in [0.29, 0.717) is 13.1 Å². The highest BCUT2D eigenvalue weighted by molar-refractivity contribution is 14.0. The Hall–Kier alpha value is -1.06. The van der Waals surface area contributed by atoms with E-state index in [0.717, 1.165) is 63.5 Å². The summed E-state index contributed by atoms with van der Waals surface area (Å²) in [4.78, 5) is 19.1. The van der Waals surface area contributed by atoms with Gasteiger partial charge in [0.2, 0.25) is 0 Å². The minimum absolute atomic E-state index is 0. The van der Waals surface area contributed by atoms with E-state index in [-0.39, 0.29) is 29.7 Å². The summed E-state index contributed by atoms with van der Waals surface area (Å²) in [5.74, 6) is 1.89.